The third kappa shape index (κ3) is 5.63. The van der Waals surface area contributed by atoms with Crippen LogP contribution in [0.15, 0.2) is 12.2 Å². The molecule has 0 heterocycles. The SMILES string of the molecule is C[C@@H]1C2C=CC1C(C)(C(=O)OCCOC(=O)CCC(=O)OCC(O)COC(=O)C1(C)CC3CCC1[C@H]3C)C2. The van der Waals surface area contributed by atoms with E-state index < -0.39 is 28.9 Å². The highest BCUT2D eigenvalue weighted by molar-refractivity contribution is 5.79. The molecule has 9 heteroatoms. The van der Waals surface area contributed by atoms with Gasteiger partial charge in [0.25, 0.3) is 0 Å². The van der Waals surface area contributed by atoms with E-state index in [1.54, 1.807) is 0 Å². The van der Waals surface area contributed by atoms with E-state index in [9.17, 15) is 24.3 Å². The Kier molecular flexibility index (Phi) is 8.55. The minimum Gasteiger partial charge on any atom is -0.463 e. The Morgan fingerprint density at radius 2 is 1.45 bits per heavy atom. The fourth-order valence-corrected chi connectivity index (χ4v) is 7.51. The zero-order valence-electron chi connectivity index (χ0n) is 23.0. The molecule has 9 atom stereocenters. The van der Waals surface area contributed by atoms with E-state index in [1.165, 1.54) is 0 Å². The van der Waals surface area contributed by atoms with Crippen LogP contribution in [0.2, 0.25) is 0 Å². The molecule has 9 nitrogen and oxygen atoms in total. The van der Waals surface area contributed by atoms with Crippen LogP contribution < -0.4 is 0 Å². The lowest BCUT2D eigenvalue weighted by Gasteiger charge is -2.32. The number of allylic oxidation sites excluding steroid dienone is 2. The molecule has 0 radical (unpaired) electrons. The molecule has 212 valence electrons. The summed E-state index contributed by atoms with van der Waals surface area (Å²) in [7, 11) is 0. The first-order valence-corrected chi connectivity index (χ1v) is 14.0. The van der Waals surface area contributed by atoms with Crippen LogP contribution >= 0.6 is 0 Å². The number of hydrogen-bond acceptors (Lipinski definition) is 9. The van der Waals surface area contributed by atoms with Crippen molar-refractivity contribution in [1.82, 2.24) is 0 Å². The molecule has 0 spiro atoms. The summed E-state index contributed by atoms with van der Waals surface area (Å²) >= 11 is 0. The van der Waals surface area contributed by atoms with Crippen LogP contribution in [-0.4, -0.2) is 61.5 Å². The number of hydrogen-bond donors (Lipinski definition) is 1. The first-order chi connectivity index (χ1) is 18.0. The number of ether oxygens (including phenoxy) is 4. The fourth-order valence-electron chi connectivity index (χ4n) is 7.51. The standard InChI is InChI=1S/C29H42O9/c1-17-19-5-7-22(17)28(3,13-19)26(33)36-12-11-35-24(31)9-10-25(32)37-15-21(30)16-38-27(34)29(4)14-20-6-8-23(29)18(20)2/h5,7,17-23,30H,6,8-16H2,1-4H3/t17-,18+,19?,20?,21?,22?,23?,28?,29?/m1/s1. The van der Waals surface area contributed by atoms with Gasteiger partial charge in [0.15, 0.2) is 0 Å². The van der Waals surface area contributed by atoms with E-state index in [4.69, 9.17) is 18.9 Å². The quantitative estimate of drug-likeness (QED) is 0.174. The van der Waals surface area contributed by atoms with Gasteiger partial charge >= 0.3 is 23.9 Å². The van der Waals surface area contributed by atoms with Gasteiger partial charge < -0.3 is 24.1 Å². The average Bonchev–Trinajstić information content (AvgIpc) is 3.58. The minimum absolute atomic E-state index is 0.0373. The van der Waals surface area contributed by atoms with Gasteiger partial charge in [0.2, 0.25) is 0 Å². The Labute approximate surface area is 224 Å². The van der Waals surface area contributed by atoms with Gasteiger partial charge in [-0.3, -0.25) is 19.2 Å². The molecule has 3 saturated carbocycles. The Hall–Kier alpha value is -2.42. The lowest BCUT2D eigenvalue weighted by Crippen LogP contribution is -2.37. The lowest BCUT2D eigenvalue weighted by molar-refractivity contribution is -0.164. The van der Waals surface area contributed by atoms with Crippen LogP contribution in [0.3, 0.4) is 0 Å². The number of aliphatic hydroxyl groups is 1. The van der Waals surface area contributed by atoms with Gasteiger partial charge in [-0.2, -0.15) is 0 Å². The van der Waals surface area contributed by atoms with Gasteiger partial charge in [-0.25, -0.2) is 0 Å². The molecule has 4 bridgehead atoms. The molecule has 4 aliphatic rings. The molecular weight excluding hydrogens is 492 g/mol. The summed E-state index contributed by atoms with van der Waals surface area (Å²) in [5, 5.41) is 10.1. The molecule has 1 N–H and O–H groups in total. The van der Waals surface area contributed by atoms with E-state index >= 15 is 0 Å². The van der Waals surface area contributed by atoms with Crippen LogP contribution in [0, 0.1) is 46.3 Å². The van der Waals surface area contributed by atoms with Crippen LogP contribution in [0.25, 0.3) is 0 Å². The van der Waals surface area contributed by atoms with Gasteiger partial charge in [0, 0.05) is 0 Å². The molecule has 0 aromatic carbocycles. The summed E-state index contributed by atoms with van der Waals surface area (Å²) in [5.41, 5.74) is -1.05. The zero-order chi connectivity index (χ0) is 27.7. The van der Waals surface area contributed by atoms with E-state index in [-0.39, 0.29) is 57.1 Å². The predicted molar refractivity (Wildman–Crippen MR) is 135 cm³/mol. The largest absolute Gasteiger partial charge is 0.463 e. The monoisotopic (exact) mass is 534 g/mol. The van der Waals surface area contributed by atoms with E-state index in [0.29, 0.717) is 29.6 Å². The second-order valence-electron chi connectivity index (χ2n) is 12.3. The van der Waals surface area contributed by atoms with Crippen LogP contribution in [0.5, 0.6) is 0 Å². The summed E-state index contributed by atoms with van der Waals surface area (Å²) in [4.78, 5) is 49.1. The highest BCUT2D eigenvalue weighted by Gasteiger charge is 2.57. The highest BCUT2D eigenvalue weighted by Crippen LogP contribution is 2.59. The first kappa shape index (κ1) is 28.6. The van der Waals surface area contributed by atoms with Crippen molar-refractivity contribution in [2.45, 2.75) is 72.3 Å². The third-order valence-corrected chi connectivity index (χ3v) is 9.82. The molecule has 3 fully saturated rings. The van der Waals surface area contributed by atoms with Crippen molar-refractivity contribution in [3.8, 4) is 0 Å². The van der Waals surface area contributed by atoms with Crippen molar-refractivity contribution in [3.63, 3.8) is 0 Å². The number of esters is 4. The molecule has 4 aliphatic carbocycles. The predicted octanol–water partition coefficient (Wildman–Crippen LogP) is 3.22. The van der Waals surface area contributed by atoms with Gasteiger partial charge in [-0.1, -0.05) is 26.0 Å². The normalized spacial score (nSPS) is 37.2. The molecule has 7 unspecified atom stereocenters. The Morgan fingerprint density at radius 1 is 0.816 bits per heavy atom. The number of fused-ring (bicyclic) bond motifs is 4. The molecule has 38 heavy (non-hydrogen) atoms. The van der Waals surface area contributed by atoms with Gasteiger partial charge in [-0.05, 0) is 75.0 Å². The molecule has 0 aliphatic heterocycles. The van der Waals surface area contributed by atoms with Crippen molar-refractivity contribution in [3.05, 3.63) is 12.2 Å². The molecule has 0 amide bonds. The zero-order valence-corrected chi connectivity index (χ0v) is 23.0. The van der Waals surface area contributed by atoms with Crippen molar-refractivity contribution < 1.29 is 43.2 Å². The summed E-state index contributed by atoms with van der Waals surface area (Å²) < 4.78 is 20.8. The fraction of sp³-hybridized carbons (Fsp3) is 0.793. The number of rotatable bonds is 12. The maximum atomic E-state index is 12.7. The summed E-state index contributed by atoms with van der Waals surface area (Å²) in [6.45, 7) is 7.52. The number of carbonyl (C=O) groups is 4. The van der Waals surface area contributed by atoms with Crippen molar-refractivity contribution in [2.75, 3.05) is 26.4 Å². The van der Waals surface area contributed by atoms with Crippen LogP contribution in [0.4, 0.5) is 0 Å². The number of carbonyl (C=O) groups excluding carboxylic acids is 4. The maximum absolute atomic E-state index is 12.7. The Balaban J connectivity index is 1.04. The van der Waals surface area contributed by atoms with Gasteiger partial charge in [0.1, 0.15) is 32.5 Å². The van der Waals surface area contributed by atoms with Crippen LogP contribution in [0.1, 0.15) is 66.2 Å². The Morgan fingerprint density at radius 3 is 2.03 bits per heavy atom. The second kappa shape index (κ2) is 11.4. The average molecular weight is 535 g/mol. The topological polar surface area (TPSA) is 125 Å². The summed E-state index contributed by atoms with van der Waals surface area (Å²) in [5.74, 6) is 0.547. The van der Waals surface area contributed by atoms with Gasteiger partial charge in [0.05, 0.1) is 23.7 Å². The molecule has 0 saturated heterocycles. The highest BCUT2D eigenvalue weighted by atomic mass is 16.6. The Bertz CT molecular complexity index is 960. The second-order valence-corrected chi connectivity index (χ2v) is 12.3. The van der Waals surface area contributed by atoms with Crippen molar-refractivity contribution >= 4 is 23.9 Å². The first-order valence-electron chi connectivity index (χ1n) is 14.0. The molecule has 0 aromatic rings. The maximum Gasteiger partial charge on any atom is 0.312 e. The summed E-state index contributed by atoms with van der Waals surface area (Å²) in [6.07, 6.45) is 6.51. The van der Waals surface area contributed by atoms with E-state index in [2.05, 4.69) is 26.0 Å². The van der Waals surface area contributed by atoms with E-state index in [1.807, 2.05) is 13.8 Å². The smallest absolute Gasteiger partial charge is 0.312 e. The third-order valence-electron chi connectivity index (χ3n) is 9.82. The molecule has 0 aromatic heterocycles. The van der Waals surface area contributed by atoms with E-state index in [0.717, 1.165) is 25.7 Å². The summed E-state index contributed by atoms with van der Waals surface area (Å²) in [6, 6.07) is 0. The van der Waals surface area contributed by atoms with Crippen molar-refractivity contribution in [2.24, 2.45) is 46.3 Å². The minimum atomic E-state index is -1.14. The number of aliphatic hydroxyl groups excluding tert-OH is 1. The molecule has 4 rings (SSSR count). The molecular formula is C29H42O9. The van der Waals surface area contributed by atoms with Crippen molar-refractivity contribution in [1.29, 1.82) is 0 Å². The lowest BCUT2D eigenvalue weighted by atomic mass is 9.74. The van der Waals surface area contributed by atoms with Crippen LogP contribution in [-0.2, 0) is 38.1 Å². The van der Waals surface area contributed by atoms with Gasteiger partial charge in [-0.15, -0.1) is 0 Å².